The quantitative estimate of drug-likeness (QED) is 0.169. The van der Waals surface area contributed by atoms with E-state index in [0.29, 0.717) is 0 Å². The largest absolute Gasteiger partial charge is 0.456 e. The van der Waals surface area contributed by atoms with Gasteiger partial charge in [0, 0.05) is 44.7 Å². The fourth-order valence-electron chi connectivity index (χ4n) is 9.88. The lowest BCUT2D eigenvalue weighted by atomic mass is 9.67. The summed E-state index contributed by atoms with van der Waals surface area (Å²) in [4.78, 5) is 2.38. The fraction of sp³-hybridized carbons (Fsp3) is 0.0182. The van der Waals surface area contributed by atoms with Crippen molar-refractivity contribution < 1.29 is 4.42 Å². The van der Waals surface area contributed by atoms with Crippen LogP contribution in [-0.2, 0) is 5.41 Å². The second-order valence-corrected chi connectivity index (χ2v) is 15.2. The van der Waals surface area contributed by atoms with Crippen molar-refractivity contribution in [3.63, 3.8) is 0 Å². The molecule has 0 spiro atoms. The first-order valence-corrected chi connectivity index (χ1v) is 19.9. The van der Waals surface area contributed by atoms with Gasteiger partial charge in [-0.15, -0.1) is 0 Å². The van der Waals surface area contributed by atoms with Crippen LogP contribution in [0.25, 0.3) is 60.6 Å². The molecule has 12 rings (SSSR count). The van der Waals surface area contributed by atoms with Gasteiger partial charge in [0.1, 0.15) is 11.2 Å². The third kappa shape index (κ3) is 4.62. The molecule has 0 bridgehead atoms. The van der Waals surface area contributed by atoms with Gasteiger partial charge in [-0.25, -0.2) is 0 Å². The van der Waals surface area contributed by atoms with Gasteiger partial charge in [0.15, 0.2) is 0 Å². The zero-order valence-electron chi connectivity index (χ0n) is 31.6. The van der Waals surface area contributed by atoms with Gasteiger partial charge in [-0.3, -0.25) is 0 Å². The monoisotopic (exact) mass is 740 g/mol. The molecule has 0 unspecified atom stereocenters. The molecule has 2 aromatic heterocycles. The molecule has 3 heteroatoms. The molecule has 58 heavy (non-hydrogen) atoms. The highest BCUT2D eigenvalue weighted by atomic mass is 16.3. The van der Waals surface area contributed by atoms with Crippen LogP contribution >= 0.6 is 0 Å². The van der Waals surface area contributed by atoms with Crippen molar-refractivity contribution in [1.82, 2.24) is 4.57 Å². The highest BCUT2D eigenvalue weighted by molar-refractivity contribution is 6.15. The van der Waals surface area contributed by atoms with Crippen LogP contribution < -0.4 is 4.90 Å². The number of hydrogen-bond acceptors (Lipinski definition) is 2. The lowest BCUT2D eigenvalue weighted by Gasteiger charge is -2.34. The van der Waals surface area contributed by atoms with Crippen LogP contribution in [0.1, 0.15) is 22.3 Å². The van der Waals surface area contributed by atoms with Crippen molar-refractivity contribution in [2.75, 3.05) is 4.90 Å². The predicted octanol–water partition coefficient (Wildman–Crippen LogP) is 14.5. The number of hydrogen-bond donors (Lipinski definition) is 0. The molecule has 0 fully saturated rings. The summed E-state index contributed by atoms with van der Waals surface area (Å²) in [5, 5.41) is 4.62. The minimum atomic E-state index is -0.501. The Morgan fingerprint density at radius 3 is 1.78 bits per heavy atom. The van der Waals surface area contributed by atoms with E-state index in [2.05, 4.69) is 216 Å². The van der Waals surface area contributed by atoms with E-state index in [1.54, 1.807) is 0 Å². The Labute approximate surface area is 336 Å². The van der Waals surface area contributed by atoms with Gasteiger partial charge >= 0.3 is 0 Å². The molecule has 0 saturated heterocycles. The van der Waals surface area contributed by atoms with Crippen LogP contribution in [0.3, 0.4) is 0 Å². The van der Waals surface area contributed by atoms with Gasteiger partial charge < -0.3 is 13.9 Å². The Balaban J connectivity index is 1.17. The second kappa shape index (κ2) is 12.7. The van der Waals surface area contributed by atoms with Crippen molar-refractivity contribution >= 4 is 60.8 Å². The number of rotatable bonds is 6. The number of furan rings is 1. The molecule has 0 atom stereocenters. The second-order valence-electron chi connectivity index (χ2n) is 15.2. The van der Waals surface area contributed by atoms with E-state index in [-0.39, 0.29) is 0 Å². The summed E-state index contributed by atoms with van der Waals surface area (Å²) in [6, 6.07) is 79.3. The smallest absolute Gasteiger partial charge is 0.137 e. The van der Waals surface area contributed by atoms with E-state index in [1.807, 2.05) is 12.1 Å². The highest BCUT2D eigenvalue weighted by Gasteiger charge is 2.46. The minimum Gasteiger partial charge on any atom is -0.456 e. The molecule has 1 aliphatic rings. The van der Waals surface area contributed by atoms with E-state index in [0.717, 1.165) is 55.7 Å². The van der Waals surface area contributed by atoms with Gasteiger partial charge in [0.05, 0.1) is 22.1 Å². The number of fused-ring (bicyclic) bond motifs is 9. The summed E-state index contributed by atoms with van der Waals surface area (Å²) >= 11 is 0. The molecule has 0 saturated carbocycles. The maximum atomic E-state index is 6.47. The Morgan fingerprint density at radius 2 is 1.02 bits per heavy atom. The lowest BCUT2D eigenvalue weighted by molar-refractivity contribution is 0.669. The van der Waals surface area contributed by atoms with Gasteiger partial charge in [0.25, 0.3) is 0 Å². The van der Waals surface area contributed by atoms with Crippen LogP contribution in [0.2, 0.25) is 0 Å². The van der Waals surface area contributed by atoms with Crippen molar-refractivity contribution in [3.8, 4) is 16.8 Å². The van der Waals surface area contributed by atoms with Gasteiger partial charge in [-0.05, 0) is 94.0 Å². The van der Waals surface area contributed by atoms with Gasteiger partial charge in [-0.2, -0.15) is 0 Å². The third-order valence-corrected chi connectivity index (χ3v) is 12.2. The van der Waals surface area contributed by atoms with Crippen LogP contribution in [-0.4, -0.2) is 4.57 Å². The molecular weight excluding hydrogens is 705 g/mol. The molecule has 2 heterocycles. The average molecular weight is 741 g/mol. The maximum Gasteiger partial charge on any atom is 0.137 e. The Kier molecular flexibility index (Phi) is 7.14. The standard InChI is InChI=1S/C55H36N2O/c1-4-17-37(18-5-1)55(48-27-13-10-23-42(48)43-24-11-14-28-49(43)55)38-31-34-50-47(35-38)46-26-16-29-51(54(46)57(50)40-21-8-3-9-22-40)56(39-19-6-2-7-20-39)41-32-33-45-44-25-12-15-30-52(44)58-53(45)36-41/h1-36H. The average Bonchev–Trinajstić information content (AvgIpc) is 3.94. The first-order chi connectivity index (χ1) is 28.8. The summed E-state index contributed by atoms with van der Waals surface area (Å²) in [5.41, 5.74) is 15.5. The molecule has 272 valence electrons. The van der Waals surface area contributed by atoms with Crippen molar-refractivity contribution in [2.45, 2.75) is 5.41 Å². The number of aromatic nitrogens is 1. The maximum absolute atomic E-state index is 6.47. The molecule has 0 radical (unpaired) electrons. The molecule has 3 nitrogen and oxygen atoms in total. The SMILES string of the molecule is c1ccc(N(c2ccc3c(c2)oc2ccccc23)c2cccc3c4cc(C5(c6ccccc6)c6ccccc6-c6ccccc65)ccc4n(-c4ccccc4)c23)cc1. The zero-order valence-corrected chi connectivity index (χ0v) is 31.6. The highest BCUT2D eigenvalue weighted by Crippen LogP contribution is 2.57. The first-order valence-electron chi connectivity index (χ1n) is 19.9. The Bertz CT molecular complexity index is 3300. The lowest BCUT2D eigenvalue weighted by Crippen LogP contribution is -2.28. The van der Waals surface area contributed by atoms with Crippen molar-refractivity contribution in [2.24, 2.45) is 0 Å². The summed E-state index contributed by atoms with van der Waals surface area (Å²) < 4.78 is 8.92. The van der Waals surface area contributed by atoms with Crippen molar-refractivity contribution in [1.29, 1.82) is 0 Å². The summed E-state index contributed by atoms with van der Waals surface area (Å²) in [6.07, 6.45) is 0. The topological polar surface area (TPSA) is 21.3 Å². The number of nitrogens with zero attached hydrogens (tertiary/aromatic N) is 2. The molecule has 0 N–H and O–H groups in total. The van der Waals surface area contributed by atoms with Gasteiger partial charge in [0.2, 0.25) is 0 Å². The van der Waals surface area contributed by atoms with E-state index >= 15 is 0 Å². The third-order valence-electron chi connectivity index (χ3n) is 12.2. The fourth-order valence-corrected chi connectivity index (χ4v) is 9.88. The Morgan fingerprint density at radius 1 is 0.397 bits per heavy atom. The number of para-hydroxylation sites is 4. The van der Waals surface area contributed by atoms with E-state index < -0.39 is 5.41 Å². The molecular formula is C55H36N2O. The van der Waals surface area contributed by atoms with E-state index in [9.17, 15) is 0 Å². The van der Waals surface area contributed by atoms with Crippen molar-refractivity contribution in [3.05, 3.63) is 241 Å². The van der Waals surface area contributed by atoms with Crippen LogP contribution in [0, 0.1) is 0 Å². The molecule has 0 amide bonds. The predicted molar refractivity (Wildman–Crippen MR) is 240 cm³/mol. The number of anilines is 3. The van der Waals surface area contributed by atoms with Gasteiger partial charge in [-0.1, -0.05) is 152 Å². The van der Waals surface area contributed by atoms with Crippen LogP contribution in [0.4, 0.5) is 17.1 Å². The molecule has 9 aromatic carbocycles. The molecule has 1 aliphatic carbocycles. The first kappa shape index (κ1) is 32.6. The van der Waals surface area contributed by atoms with Crippen LogP contribution in [0.15, 0.2) is 223 Å². The minimum absolute atomic E-state index is 0.501. The summed E-state index contributed by atoms with van der Waals surface area (Å²) in [7, 11) is 0. The van der Waals surface area contributed by atoms with E-state index in [4.69, 9.17) is 4.42 Å². The molecule has 11 aromatic rings. The molecule has 0 aliphatic heterocycles. The normalized spacial score (nSPS) is 13.0. The Hall–Kier alpha value is -7.62. The zero-order chi connectivity index (χ0) is 38.2. The summed E-state index contributed by atoms with van der Waals surface area (Å²) in [6.45, 7) is 0. The number of benzene rings is 9. The van der Waals surface area contributed by atoms with E-state index in [1.165, 1.54) is 44.2 Å². The summed E-state index contributed by atoms with van der Waals surface area (Å²) in [5.74, 6) is 0. The van der Waals surface area contributed by atoms with Crippen LogP contribution in [0.5, 0.6) is 0 Å².